The average molecular weight is 256 g/mol. The van der Waals surface area contributed by atoms with E-state index in [-0.39, 0.29) is 0 Å². The van der Waals surface area contributed by atoms with Crippen LogP contribution in [0.5, 0.6) is 0 Å². The molecule has 3 nitrogen and oxygen atoms in total. The zero-order chi connectivity index (χ0) is 12.8. The predicted octanol–water partition coefficient (Wildman–Crippen LogP) is 3.56. The highest BCUT2D eigenvalue weighted by Gasteiger charge is 2.09. The molecule has 0 aromatic carbocycles. The van der Waals surface area contributed by atoms with Gasteiger partial charge in [-0.2, -0.15) is 0 Å². The van der Waals surface area contributed by atoms with Crippen LogP contribution >= 0.6 is 11.6 Å². The summed E-state index contributed by atoms with van der Waals surface area (Å²) in [7, 11) is 2.06. The lowest BCUT2D eigenvalue weighted by Gasteiger charge is -2.22. The van der Waals surface area contributed by atoms with E-state index in [4.69, 9.17) is 11.6 Å². The van der Waals surface area contributed by atoms with Crippen LogP contribution in [-0.2, 0) is 6.42 Å². The Morgan fingerprint density at radius 3 is 2.65 bits per heavy atom. The molecule has 0 radical (unpaired) electrons. The summed E-state index contributed by atoms with van der Waals surface area (Å²) < 4.78 is 0. The summed E-state index contributed by atoms with van der Waals surface area (Å²) in [5.74, 6) is 2.42. The largest absolute Gasteiger partial charge is 0.359 e. The molecule has 0 bridgehead atoms. The van der Waals surface area contributed by atoms with Crippen LogP contribution in [0.2, 0.25) is 5.15 Å². The molecule has 0 saturated carbocycles. The van der Waals surface area contributed by atoms with Gasteiger partial charge in [-0.3, -0.25) is 0 Å². The Kier molecular flexibility index (Phi) is 5.69. The Bertz CT molecular complexity index is 355. The maximum absolute atomic E-state index is 6.02. The van der Waals surface area contributed by atoms with Crippen LogP contribution in [0.15, 0.2) is 6.07 Å². The van der Waals surface area contributed by atoms with E-state index in [0.29, 0.717) is 11.1 Å². The summed E-state index contributed by atoms with van der Waals surface area (Å²) in [5, 5.41) is 0.537. The van der Waals surface area contributed by atoms with Crippen LogP contribution in [0.1, 0.15) is 39.4 Å². The van der Waals surface area contributed by atoms with Crippen molar-refractivity contribution in [3.8, 4) is 0 Å². The molecule has 1 aromatic rings. The van der Waals surface area contributed by atoms with Crippen LogP contribution < -0.4 is 4.90 Å². The molecule has 0 N–H and O–H groups in total. The van der Waals surface area contributed by atoms with Gasteiger partial charge in [0.1, 0.15) is 16.8 Å². The van der Waals surface area contributed by atoms with Crippen molar-refractivity contribution in [1.29, 1.82) is 0 Å². The summed E-state index contributed by atoms with van der Waals surface area (Å²) >= 11 is 6.02. The Morgan fingerprint density at radius 2 is 2.06 bits per heavy atom. The topological polar surface area (TPSA) is 29.0 Å². The fraction of sp³-hybridized carbons (Fsp3) is 0.692. The van der Waals surface area contributed by atoms with Gasteiger partial charge in [0.25, 0.3) is 0 Å². The lowest BCUT2D eigenvalue weighted by Crippen LogP contribution is -2.25. The van der Waals surface area contributed by atoms with Crippen LogP contribution in [0.3, 0.4) is 0 Å². The summed E-state index contributed by atoms with van der Waals surface area (Å²) in [4.78, 5) is 10.9. The highest BCUT2D eigenvalue weighted by Crippen LogP contribution is 2.17. The maximum atomic E-state index is 6.02. The minimum absolute atomic E-state index is 0.537. The Labute approximate surface area is 109 Å². The number of aryl methyl sites for hydroxylation is 1. The smallest absolute Gasteiger partial charge is 0.134 e. The molecule has 1 unspecified atom stereocenters. The molecular formula is C13H22ClN3. The summed E-state index contributed by atoms with van der Waals surface area (Å²) in [6, 6.07) is 1.84. The molecule has 0 aliphatic carbocycles. The van der Waals surface area contributed by atoms with Crippen LogP contribution in [0.4, 0.5) is 5.82 Å². The third-order valence-electron chi connectivity index (χ3n) is 2.87. The van der Waals surface area contributed by atoms with Crippen LogP contribution in [0.25, 0.3) is 0 Å². The van der Waals surface area contributed by atoms with E-state index in [9.17, 15) is 0 Å². The standard InChI is InChI=1S/C13H22ClN3/c1-5-7-12-15-11(14)8-13(16-12)17(4)9-10(3)6-2/h8,10H,5-7,9H2,1-4H3. The van der Waals surface area contributed by atoms with Crippen molar-refractivity contribution in [3.05, 3.63) is 17.0 Å². The van der Waals surface area contributed by atoms with Gasteiger partial charge in [0.05, 0.1) is 0 Å². The van der Waals surface area contributed by atoms with Gasteiger partial charge >= 0.3 is 0 Å². The number of rotatable bonds is 6. The number of hydrogen-bond acceptors (Lipinski definition) is 3. The third kappa shape index (κ3) is 4.50. The SMILES string of the molecule is CCCc1nc(Cl)cc(N(C)CC(C)CC)n1. The quantitative estimate of drug-likeness (QED) is 0.728. The Morgan fingerprint density at radius 1 is 1.35 bits per heavy atom. The van der Waals surface area contributed by atoms with Gasteiger partial charge in [-0.05, 0) is 12.3 Å². The first-order chi connectivity index (χ1) is 8.06. The second kappa shape index (κ2) is 6.80. The molecule has 1 heterocycles. The van der Waals surface area contributed by atoms with Gasteiger partial charge in [0.2, 0.25) is 0 Å². The van der Waals surface area contributed by atoms with E-state index >= 15 is 0 Å². The van der Waals surface area contributed by atoms with Gasteiger partial charge in [-0.25, -0.2) is 9.97 Å². The number of hydrogen-bond donors (Lipinski definition) is 0. The van der Waals surface area contributed by atoms with Crippen molar-refractivity contribution in [2.45, 2.75) is 40.0 Å². The van der Waals surface area contributed by atoms with Gasteiger partial charge in [0.15, 0.2) is 0 Å². The van der Waals surface area contributed by atoms with Crippen LogP contribution in [0, 0.1) is 5.92 Å². The molecule has 96 valence electrons. The first-order valence-electron chi connectivity index (χ1n) is 6.31. The van der Waals surface area contributed by atoms with E-state index in [1.807, 2.05) is 6.07 Å². The molecule has 17 heavy (non-hydrogen) atoms. The molecule has 1 atom stereocenters. The van der Waals surface area contributed by atoms with Crippen molar-refractivity contribution < 1.29 is 0 Å². The normalized spacial score (nSPS) is 12.5. The van der Waals surface area contributed by atoms with E-state index in [1.54, 1.807) is 0 Å². The number of nitrogens with zero attached hydrogens (tertiary/aromatic N) is 3. The summed E-state index contributed by atoms with van der Waals surface area (Å²) in [6.45, 7) is 7.56. The molecule has 0 spiro atoms. The summed E-state index contributed by atoms with van der Waals surface area (Å²) in [6.07, 6.45) is 3.09. The van der Waals surface area contributed by atoms with Crippen molar-refractivity contribution >= 4 is 17.4 Å². The van der Waals surface area contributed by atoms with E-state index < -0.39 is 0 Å². The molecule has 0 amide bonds. The monoisotopic (exact) mass is 255 g/mol. The van der Waals surface area contributed by atoms with Crippen molar-refractivity contribution in [2.75, 3.05) is 18.5 Å². The second-order valence-corrected chi connectivity index (χ2v) is 5.00. The molecule has 0 aliphatic rings. The van der Waals surface area contributed by atoms with Crippen LogP contribution in [-0.4, -0.2) is 23.6 Å². The lowest BCUT2D eigenvalue weighted by molar-refractivity contribution is 0.557. The number of anilines is 1. The van der Waals surface area contributed by atoms with E-state index in [1.165, 1.54) is 6.42 Å². The van der Waals surface area contributed by atoms with E-state index in [2.05, 4.69) is 42.7 Å². The van der Waals surface area contributed by atoms with Gasteiger partial charge in [-0.15, -0.1) is 0 Å². The first kappa shape index (κ1) is 14.2. The molecule has 0 fully saturated rings. The molecule has 0 aliphatic heterocycles. The van der Waals surface area contributed by atoms with Crippen molar-refractivity contribution in [1.82, 2.24) is 9.97 Å². The van der Waals surface area contributed by atoms with Crippen molar-refractivity contribution in [3.63, 3.8) is 0 Å². The highest BCUT2D eigenvalue weighted by atomic mass is 35.5. The Balaban J connectivity index is 2.81. The predicted molar refractivity (Wildman–Crippen MR) is 73.8 cm³/mol. The molecular weight excluding hydrogens is 234 g/mol. The molecule has 1 rings (SSSR count). The maximum Gasteiger partial charge on any atom is 0.134 e. The Hall–Kier alpha value is -0.830. The lowest BCUT2D eigenvalue weighted by atomic mass is 10.1. The minimum atomic E-state index is 0.537. The van der Waals surface area contributed by atoms with Crippen molar-refractivity contribution in [2.24, 2.45) is 5.92 Å². The average Bonchev–Trinajstić information content (AvgIpc) is 2.28. The number of aromatic nitrogens is 2. The van der Waals surface area contributed by atoms with Gasteiger partial charge < -0.3 is 4.90 Å². The molecule has 1 aromatic heterocycles. The van der Waals surface area contributed by atoms with Gasteiger partial charge in [0, 0.05) is 26.1 Å². The zero-order valence-corrected chi connectivity index (χ0v) is 12.0. The molecule has 4 heteroatoms. The fourth-order valence-corrected chi connectivity index (χ4v) is 1.87. The fourth-order valence-electron chi connectivity index (χ4n) is 1.67. The number of halogens is 1. The van der Waals surface area contributed by atoms with Gasteiger partial charge in [-0.1, -0.05) is 38.8 Å². The zero-order valence-electron chi connectivity index (χ0n) is 11.2. The highest BCUT2D eigenvalue weighted by molar-refractivity contribution is 6.29. The molecule has 0 saturated heterocycles. The first-order valence-corrected chi connectivity index (χ1v) is 6.69. The third-order valence-corrected chi connectivity index (χ3v) is 3.07. The minimum Gasteiger partial charge on any atom is -0.359 e. The second-order valence-electron chi connectivity index (χ2n) is 4.61. The summed E-state index contributed by atoms with van der Waals surface area (Å²) in [5.41, 5.74) is 0. The van der Waals surface area contributed by atoms with E-state index in [0.717, 1.165) is 31.0 Å².